The molecular formula is C20H17BrN2O4. The van der Waals surface area contributed by atoms with Gasteiger partial charge >= 0.3 is 0 Å². The molecule has 0 spiro atoms. The molecule has 138 valence electrons. The zero-order valence-corrected chi connectivity index (χ0v) is 16.3. The number of benzene rings is 2. The molecule has 0 aliphatic heterocycles. The summed E-state index contributed by atoms with van der Waals surface area (Å²) >= 11 is 3.40. The van der Waals surface area contributed by atoms with E-state index in [-0.39, 0.29) is 5.91 Å². The molecule has 2 aromatic carbocycles. The quantitative estimate of drug-likeness (QED) is 0.463. The molecule has 0 aliphatic carbocycles. The predicted octanol–water partition coefficient (Wildman–Crippen LogP) is 4.49. The third kappa shape index (κ3) is 4.77. The van der Waals surface area contributed by atoms with Crippen LogP contribution < -0.4 is 14.9 Å². The smallest absolute Gasteiger partial charge is 0.271 e. The van der Waals surface area contributed by atoms with Crippen molar-refractivity contribution in [2.24, 2.45) is 5.10 Å². The van der Waals surface area contributed by atoms with Crippen molar-refractivity contribution < 1.29 is 18.7 Å². The Morgan fingerprint density at radius 2 is 1.70 bits per heavy atom. The average Bonchev–Trinajstić information content (AvgIpc) is 3.16. The molecule has 0 fully saturated rings. The lowest BCUT2D eigenvalue weighted by Crippen LogP contribution is -2.17. The monoisotopic (exact) mass is 428 g/mol. The maximum atomic E-state index is 12.3. The Labute approximate surface area is 164 Å². The summed E-state index contributed by atoms with van der Waals surface area (Å²) in [5.41, 5.74) is 3.78. The molecule has 0 saturated heterocycles. The van der Waals surface area contributed by atoms with Gasteiger partial charge in [0.2, 0.25) is 0 Å². The Bertz CT molecular complexity index is 942. The normalized spacial score (nSPS) is 10.8. The second kappa shape index (κ2) is 8.55. The first-order valence-corrected chi connectivity index (χ1v) is 8.80. The molecule has 3 rings (SSSR count). The fourth-order valence-corrected chi connectivity index (χ4v) is 2.61. The molecule has 6 nitrogen and oxygen atoms in total. The summed E-state index contributed by atoms with van der Waals surface area (Å²) in [7, 11) is 3.04. The van der Waals surface area contributed by atoms with Crippen molar-refractivity contribution in [2.45, 2.75) is 0 Å². The minimum absolute atomic E-state index is 0.373. The summed E-state index contributed by atoms with van der Waals surface area (Å²) in [6.07, 6.45) is 1.44. The van der Waals surface area contributed by atoms with Gasteiger partial charge in [0, 0.05) is 21.7 Å². The van der Waals surface area contributed by atoms with Gasteiger partial charge in [-0.2, -0.15) is 5.10 Å². The molecule has 3 aromatic rings. The van der Waals surface area contributed by atoms with Gasteiger partial charge in [-0.3, -0.25) is 4.79 Å². The molecule has 1 amide bonds. The highest BCUT2D eigenvalue weighted by molar-refractivity contribution is 9.10. The van der Waals surface area contributed by atoms with Gasteiger partial charge in [-0.05, 0) is 36.4 Å². The van der Waals surface area contributed by atoms with Gasteiger partial charge in [0.15, 0.2) is 0 Å². The van der Waals surface area contributed by atoms with Crippen molar-refractivity contribution in [3.8, 4) is 22.8 Å². The number of ether oxygens (including phenoxy) is 2. The van der Waals surface area contributed by atoms with E-state index in [1.807, 2.05) is 30.3 Å². The van der Waals surface area contributed by atoms with Crippen molar-refractivity contribution in [1.82, 2.24) is 5.43 Å². The van der Waals surface area contributed by atoms with Crippen LogP contribution in [0.4, 0.5) is 0 Å². The number of carbonyl (C=O) groups is 1. The minimum Gasteiger partial charge on any atom is -0.497 e. The highest BCUT2D eigenvalue weighted by Crippen LogP contribution is 2.24. The average molecular weight is 429 g/mol. The molecule has 0 unspecified atom stereocenters. The van der Waals surface area contributed by atoms with Crippen LogP contribution in [0.15, 0.2) is 68.6 Å². The van der Waals surface area contributed by atoms with E-state index in [9.17, 15) is 4.79 Å². The number of nitrogens with zero attached hydrogens (tertiary/aromatic N) is 1. The summed E-state index contributed by atoms with van der Waals surface area (Å²) in [5, 5.41) is 3.94. The number of methoxy groups -OCH3 is 2. The summed E-state index contributed by atoms with van der Waals surface area (Å²) in [6, 6.07) is 16.3. The second-order valence-electron chi connectivity index (χ2n) is 5.51. The third-order valence-corrected chi connectivity index (χ3v) is 4.26. The molecule has 0 bridgehead atoms. The topological polar surface area (TPSA) is 73.1 Å². The Kier molecular flexibility index (Phi) is 5.93. The van der Waals surface area contributed by atoms with E-state index in [0.717, 1.165) is 10.0 Å². The van der Waals surface area contributed by atoms with Crippen molar-refractivity contribution in [3.63, 3.8) is 0 Å². The summed E-state index contributed by atoms with van der Waals surface area (Å²) in [5.74, 6) is 1.90. The van der Waals surface area contributed by atoms with E-state index in [1.54, 1.807) is 24.3 Å². The van der Waals surface area contributed by atoms with E-state index < -0.39 is 0 Å². The first-order valence-electron chi connectivity index (χ1n) is 8.01. The highest BCUT2D eigenvalue weighted by atomic mass is 79.9. The van der Waals surface area contributed by atoms with Gasteiger partial charge in [-0.15, -0.1) is 0 Å². The van der Waals surface area contributed by atoms with E-state index in [0.29, 0.717) is 28.6 Å². The van der Waals surface area contributed by atoms with Crippen molar-refractivity contribution in [2.75, 3.05) is 14.2 Å². The van der Waals surface area contributed by atoms with Crippen LogP contribution in [-0.4, -0.2) is 26.3 Å². The van der Waals surface area contributed by atoms with Crippen LogP contribution in [0, 0.1) is 0 Å². The van der Waals surface area contributed by atoms with Crippen LogP contribution in [0.25, 0.3) is 11.3 Å². The van der Waals surface area contributed by atoms with Crippen molar-refractivity contribution >= 4 is 28.1 Å². The van der Waals surface area contributed by atoms with Gasteiger partial charge in [-0.1, -0.05) is 28.1 Å². The Hall–Kier alpha value is -3.06. The SMILES string of the molecule is COc1cc(OC)cc(C(=O)N/N=C\c2ccc(-c3ccc(Br)cc3)o2)c1. The molecule has 0 saturated carbocycles. The zero-order chi connectivity index (χ0) is 19.2. The molecule has 1 heterocycles. The highest BCUT2D eigenvalue weighted by Gasteiger charge is 2.09. The van der Waals surface area contributed by atoms with Crippen LogP contribution in [0.2, 0.25) is 0 Å². The molecular weight excluding hydrogens is 412 g/mol. The van der Waals surface area contributed by atoms with Crippen molar-refractivity contribution in [1.29, 1.82) is 0 Å². The maximum absolute atomic E-state index is 12.3. The lowest BCUT2D eigenvalue weighted by Gasteiger charge is -2.07. The Morgan fingerprint density at radius 3 is 2.33 bits per heavy atom. The Balaban J connectivity index is 1.67. The maximum Gasteiger partial charge on any atom is 0.271 e. The lowest BCUT2D eigenvalue weighted by molar-refractivity contribution is 0.0954. The fourth-order valence-electron chi connectivity index (χ4n) is 2.35. The predicted molar refractivity (Wildman–Crippen MR) is 106 cm³/mol. The number of nitrogens with one attached hydrogen (secondary N) is 1. The first kappa shape index (κ1) is 18.7. The van der Waals surface area contributed by atoms with Gasteiger partial charge < -0.3 is 13.9 Å². The van der Waals surface area contributed by atoms with Crippen LogP contribution >= 0.6 is 15.9 Å². The number of amides is 1. The summed E-state index contributed by atoms with van der Waals surface area (Å²) in [4.78, 5) is 12.3. The number of hydrogen-bond donors (Lipinski definition) is 1. The largest absolute Gasteiger partial charge is 0.497 e. The number of halogens is 1. The van der Waals surface area contributed by atoms with Crippen molar-refractivity contribution in [3.05, 3.63) is 70.4 Å². The van der Waals surface area contributed by atoms with Crippen LogP contribution in [-0.2, 0) is 0 Å². The molecule has 27 heavy (non-hydrogen) atoms. The number of rotatable bonds is 6. The minimum atomic E-state index is -0.386. The first-order chi connectivity index (χ1) is 13.1. The molecule has 0 aliphatic rings. The summed E-state index contributed by atoms with van der Waals surface area (Å²) in [6.45, 7) is 0. The van der Waals surface area contributed by atoms with Crippen LogP contribution in [0.3, 0.4) is 0 Å². The molecule has 1 aromatic heterocycles. The molecule has 0 atom stereocenters. The van der Waals surface area contributed by atoms with E-state index in [1.165, 1.54) is 20.4 Å². The summed E-state index contributed by atoms with van der Waals surface area (Å²) < 4.78 is 17.0. The third-order valence-electron chi connectivity index (χ3n) is 3.73. The lowest BCUT2D eigenvalue weighted by atomic mass is 10.2. The Morgan fingerprint density at radius 1 is 1.04 bits per heavy atom. The fraction of sp³-hybridized carbons (Fsp3) is 0.100. The van der Waals surface area contributed by atoms with Crippen LogP contribution in [0.5, 0.6) is 11.5 Å². The van der Waals surface area contributed by atoms with Gasteiger partial charge in [-0.25, -0.2) is 5.43 Å². The molecule has 1 N–H and O–H groups in total. The van der Waals surface area contributed by atoms with E-state index in [4.69, 9.17) is 13.9 Å². The number of carbonyl (C=O) groups excluding carboxylic acids is 1. The van der Waals surface area contributed by atoms with E-state index in [2.05, 4.69) is 26.5 Å². The standard InChI is InChI=1S/C20H17BrN2O4/c1-25-17-9-14(10-18(11-17)26-2)20(24)23-22-12-16-7-8-19(27-16)13-3-5-15(21)6-4-13/h3-12H,1-2H3,(H,23,24)/b22-12-. The van der Waals surface area contributed by atoms with E-state index >= 15 is 0 Å². The number of hydrogen-bond acceptors (Lipinski definition) is 5. The van der Waals surface area contributed by atoms with Gasteiger partial charge in [0.1, 0.15) is 23.0 Å². The molecule has 7 heteroatoms. The zero-order valence-electron chi connectivity index (χ0n) is 14.7. The molecule has 0 radical (unpaired) electrons. The number of hydrazone groups is 1. The van der Waals surface area contributed by atoms with Crippen LogP contribution in [0.1, 0.15) is 16.1 Å². The van der Waals surface area contributed by atoms with Gasteiger partial charge in [0.25, 0.3) is 5.91 Å². The number of furan rings is 1. The second-order valence-corrected chi connectivity index (χ2v) is 6.43. The van der Waals surface area contributed by atoms with Gasteiger partial charge in [0.05, 0.1) is 20.4 Å².